The third-order valence-corrected chi connectivity index (χ3v) is 2.99. The maximum absolute atomic E-state index is 5.77. The van der Waals surface area contributed by atoms with E-state index in [1.54, 1.807) is 0 Å². The second-order valence-electron chi connectivity index (χ2n) is 5.40. The smallest absolute Gasteiger partial charge is 0.144 e. The van der Waals surface area contributed by atoms with Crippen molar-refractivity contribution in [1.29, 1.82) is 0 Å². The van der Waals surface area contributed by atoms with Crippen LogP contribution in [0.5, 0.6) is 5.75 Å². The Bertz CT molecular complexity index is 388. The van der Waals surface area contributed by atoms with Crippen molar-refractivity contribution < 1.29 is 4.74 Å². The van der Waals surface area contributed by atoms with Gasteiger partial charge in [0.25, 0.3) is 0 Å². The summed E-state index contributed by atoms with van der Waals surface area (Å²) < 4.78 is 5.77. The minimum atomic E-state index is 0.251. The predicted molar refractivity (Wildman–Crippen MR) is 73.0 cm³/mol. The number of benzene rings is 1. The number of hydrogen-bond acceptors (Lipinski definition) is 3. The van der Waals surface area contributed by atoms with Gasteiger partial charge in [-0.1, -0.05) is 26.8 Å². The van der Waals surface area contributed by atoms with Crippen LogP contribution in [0.15, 0.2) is 18.2 Å². The van der Waals surface area contributed by atoms with Crippen LogP contribution in [0.25, 0.3) is 0 Å². The van der Waals surface area contributed by atoms with E-state index in [2.05, 4.69) is 37.5 Å². The lowest BCUT2D eigenvalue weighted by molar-refractivity contribution is 0.318. The Morgan fingerprint density at radius 3 is 2.76 bits per heavy atom. The molecule has 17 heavy (non-hydrogen) atoms. The Balaban J connectivity index is 2.23. The number of ether oxygens (including phenoxy) is 1. The zero-order valence-corrected chi connectivity index (χ0v) is 11.0. The highest BCUT2D eigenvalue weighted by atomic mass is 16.5. The molecule has 3 nitrogen and oxygen atoms in total. The molecule has 1 aliphatic rings. The summed E-state index contributed by atoms with van der Waals surface area (Å²) in [7, 11) is 0. The lowest BCUT2D eigenvalue weighted by Gasteiger charge is -2.21. The molecular formula is C14H22N2O. The molecule has 0 aliphatic carbocycles. The van der Waals surface area contributed by atoms with Crippen molar-refractivity contribution in [3.8, 4) is 5.75 Å². The van der Waals surface area contributed by atoms with Gasteiger partial charge in [0, 0.05) is 13.1 Å². The highest BCUT2D eigenvalue weighted by Crippen LogP contribution is 2.36. The molecule has 1 aromatic rings. The summed E-state index contributed by atoms with van der Waals surface area (Å²) in [5.41, 5.74) is 2.50. The molecule has 0 saturated carbocycles. The second kappa shape index (κ2) is 4.86. The Hall–Kier alpha value is -1.38. The van der Waals surface area contributed by atoms with Crippen molar-refractivity contribution in [3.05, 3.63) is 18.2 Å². The van der Waals surface area contributed by atoms with Crippen molar-refractivity contribution in [2.24, 2.45) is 5.41 Å². The molecule has 0 atom stereocenters. The van der Waals surface area contributed by atoms with E-state index in [9.17, 15) is 0 Å². The van der Waals surface area contributed by atoms with Crippen LogP contribution in [0.1, 0.15) is 27.2 Å². The fourth-order valence-electron chi connectivity index (χ4n) is 1.92. The van der Waals surface area contributed by atoms with E-state index in [0.717, 1.165) is 43.2 Å². The minimum Gasteiger partial charge on any atom is -0.491 e. The fraction of sp³-hybridized carbons (Fsp3) is 0.571. The molecule has 2 rings (SSSR count). The summed E-state index contributed by atoms with van der Waals surface area (Å²) in [4.78, 5) is 0. The van der Waals surface area contributed by atoms with Crippen LogP contribution in [0.4, 0.5) is 11.4 Å². The van der Waals surface area contributed by atoms with Crippen LogP contribution in [0, 0.1) is 5.41 Å². The second-order valence-corrected chi connectivity index (χ2v) is 5.40. The van der Waals surface area contributed by atoms with Crippen molar-refractivity contribution in [2.75, 3.05) is 30.3 Å². The van der Waals surface area contributed by atoms with E-state index in [4.69, 9.17) is 4.74 Å². The van der Waals surface area contributed by atoms with Gasteiger partial charge in [0.05, 0.1) is 12.3 Å². The van der Waals surface area contributed by atoms with Gasteiger partial charge in [-0.2, -0.15) is 0 Å². The van der Waals surface area contributed by atoms with E-state index < -0.39 is 0 Å². The topological polar surface area (TPSA) is 33.3 Å². The van der Waals surface area contributed by atoms with E-state index in [0.29, 0.717) is 0 Å². The first-order valence-corrected chi connectivity index (χ1v) is 6.36. The van der Waals surface area contributed by atoms with Crippen molar-refractivity contribution in [2.45, 2.75) is 27.2 Å². The summed E-state index contributed by atoms with van der Waals surface area (Å²) in [6, 6.07) is 6.17. The largest absolute Gasteiger partial charge is 0.491 e. The highest BCUT2D eigenvalue weighted by Gasteiger charge is 2.23. The normalized spacial score (nSPS) is 17.4. The lowest BCUT2D eigenvalue weighted by atomic mass is 9.94. The van der Waals surface area contributed by atoms with Crippen LogP contribution >= 0.6 is 0 Å². The minimum absolute atomic E-state index is 0.251. The van der Waals surface area contributed by atoms with Gasteiger partial charge in [-0.05, 0) is 24.0 Å². The average Bonchev–Trinajstić information content (AvgIpc) is 2.46. The summed E-state index contributed by atoms with van der Waals surface area (Å²) in [5.74, 6) is 0.953. The average molecular weight is 234 g/mol. The molecule has 0 aromatic heterocycles. The third kappa shape index (κ3) is 2.84. The molecule has 1 aromatic carbocycles. The first kappa shape index (κ1) is 12.1. The van der Waals surface area contributed by atoms with Crippen molar-refractivity contribution >= 4 is 11.4 Å². The molecule has 0 unspecified atom stereocenters. The van der Waals surface area contributed by atoms with Crippen molar-refractivity contribution in [1.82, 2.24) is 0 Å². The molecule has 2 N–H and O–H groups in total. The van der Waals surface area contributed by atoms with Crippen LogP contribution in [-0.4, -0.2) is 19.7 Å². The van der Waals surface area contributed by atoms with Gasteiger partial charge in [0.1, 0.15) is 11.4 Å². The van der Waals surface area contributed by atoms with Crippen molar-refractivity contribution in [3.63, 3.8) is 0 Å². The molecule has 0 fully saturated rings. The number of fused-ring (bicyclic) bond motifs is 1. The van der Waals surface area contributed by atoms with Gasteiger partial charge in [-0.15, -0.1) is 0 Å². The van der Waals surface area contributed by atoms with E-state index in [-0.39, 0.29) is 5.41 Å². The summed E-state index contributed by atoms with van der Waals surface area (Å²) >= 11 is 0. The van der Waals surface area contributed by atoms with E-state index in [1.807, 2.05) is 12.1 Å². The van der Waals surface area contributed by atoms with Gasteiger partial charge >= 0.3 is 0 Å². The van der Waals surface area contributed by atoms with Gasteiger partial charge in [0.2, 0.25) is 0 Å². The number of rotatable bonds is 3. The van der Waals surface area contributed by atoms with Crippen LogP contribution in [0.3, 0.4) is 0 Å². The Labute approximate surface area is 104 Å². The molecule has 0 spiro atoms. The first-order valence-electron chi connectivity index (χ1n) is 6.36. The van der Waals surface area contributed by atoms with Crippen LogP contribution in [0.2, 0.25) is 0 Å². The Morgan fingerprint density at radius 2 is 2.00 bits per heavy atom. The lowest BCUT2D eigenvalue weighted by Crippen LogP contribution is -2.27. The molecule has 0 amide bonds. The quantitative estimate of drug-likeness (QED) is 0.841. The molecule has 0 saturated heterocycles. The van der Waals surface area contributed by atoms with E-state index in [1.165, 1.54) is 0 Å². The number of nitrogens with one attached hydrogen (secondary N) is 2. The zero-order chi connectivity index (χ0) is 12.3. The molecule has 1 aliphatic heterocycles. The maximum Gasteiger partial charge on any atom is 0.144 e. The first-order chi connectivity index (χ1) is 8.12. The number of anilines is 2. The van der Waals surface area contributed by atoms with Gasteiger partial charge in [0.15, 0.2) is 0 Å². The number of hydrogen-bond donors (Lipinski definition) is 2. The number of para-hydroxylation sites is 1. The molecule has 94 valence electrons. The van der Waals surface area contributed by atoms with Crippen LogP contribution in [-0.2, 0) is 0 Å². The highest BCUT2D eigenvalue weighted by molar-refractivity contribution is 5.76. The molecular weight excluding hydrogens is 212 g/mol. The van der Waals surface area contributed by atoms with Gasteiger partial charge in [-0.25, -0.2) is 0 Å². The van der Waals surface area contributed by atoms with E-state index >= 15 is 0 Å². The molecule has 1 heterocycles. The summed E-state index contributed by atoms with van der Waals surface area (Å²) in [5, 5.41) is 7.00. The summed E-state index contributed by atoms with van der Waals surface area (Å²) in [6.45, 7) is 9.33. The predicted octanol–water partition coefficient (Wildman–Crippen LogP) is 3.34. The Morgan fingerprint density at radius 1 is 1.24 bits per heavy atom. The van der Waals surface area contributed by atoms with Gasteiger partial charge in [-0.3, -0.25) is 0 Å². The van der Waals surface area contributed by atoms with Crippen LogP contribution < -0.4 is 15.4 Å². The third-order valence-electron chi connectivity index (χ3n) is 2.99. The Kier molecular flexibility index (Phi) is 3.46. The molecule has 0 radical (unpaired) electrons. The maximum atomic E-state index is 5.77. The summed E-state index contributed by atoms with van der Waals surface area (Å²) in [6.07, 6.45) is 1.03. The molecule has 0 bridgehead atoms. The monoisotopic (exact) mass is 234 g/mol. The standard InChI is InChI=1S/C14H22N2O/c1-4-8-17-12-7-5-6-11-13(12)16-10-14(2,3)9-15-11/h5-7,15-16H,4,8-10H2,1-3H3. The fourth-order valence-corrected chi connectivity index (χ4v) is 1.92. The molecule has 3 heteroatoms. The zero-order valence-electron chi connectivity index (χ0n) is 11.0. The SMILES string of the molecule is CCCOc1cccc2c1NCC(C)(C)CN2. The van der Waals surface area contributed by atoms with Gasteiger partial charge < -0.3 is 15.4 Å².